The number of hydrogen-bond acceptors (Lipinski definition) is 4. The molecule has 0 saturated heterocycles. The Hall–Kier alpha value is -1.99. The zero-order valence-corrected chi connectivity index (χ0v) is 10.3. The Morgan fingerprint density at radius 1 is 1.42 bits per heavy atom. The Balaban J connectivity index is 3.03. The van der Waals surface area contributed by atoms with E-state index in [0.29, 0.717) is 0 Å². The van der Waals surface area contributed by atoms with E-state index >= 15 is 0 Å². The van der Waals surface area contributed by atoms with Gasteiger partial charge in [0, 0.05) is 11.8 Å². The summed E-state index contributed by atoms with van der Waals surface area (Å²) in [5.74, 6) is -1.28. The van der Waals surface area contributed by atoms with Crippen LogP contribution in [0.15, 0.2) is 10.9 Å². The molecule has 5 nitrogen and oxygen atoms in total. The molecule has 0 fully saturated rings. The van der Waals surface area contributed by atoms with Crippen LogP contribution in [-0.4, -0.2) is 23.9 Å². The quantitative estimate of drug-likeness (QED) is 0.851. The number of alkyl halides is 3. The number of carbonyl (C=O) groups is 1. The number of nitrogens with one attached hydrogen (secondary N) is 1. The largest absolute Gasteiger partial charge is 0.573 e. The van der Waals surface area contributed by atoms with Crippen molar-refractivity contribution in [1.29, 1.82) is 0 Å². The van der Waals surface area contributed by atoms with Gasteiger partial charge in [0.05, 0.1) is 18.6 Å². The molecule has 0 bridgehead atoms. The van der Waals surface area contributed by atoms with Gasteiger partial charge in [-0.25, -0.2) is 0 Å². The van der Waals surface area contributed by atoms with Gasteiger partial charge in [-0.3, -0.25) is 9.59 Å². The molecule has 0 aliphatic heterocycles. The monoisotopic (exact) mass is 279 g/mol. The summed E-state index contributed by atoms with van der Waals surface area (Å²) in [4.78, 5) is 24.9. The van der Waals surface area contributed by atoms with E-state index in [1.807, 2.05) is 0 Å². The van der Waals surface area contributed by atoms with Crippen molar-refractivity contribution < 1.29 is 27.4 Å². The summed E-state index contributed by atoms with van der Waals surface area (Å²) in [6, 6.07) is 0.959. The second kappa shape index (κ2) is 5.77. The van der Waals surface area contributed by atoms with Crippen LogP contribution in [0.5, 0.6) is 5.75 Å². The average Bonchev–Trinajstić information content (AvgIpc) is 2.23. The average molecular weight is 279 g/mol. The Bertz CT molecular complexity index is 522. The maximum absolute atomic E-state index is 12.1. The molecule has 0 radical (unpaired) electrons. The summed E-state index contributed by atoms with van der Waals surface area (Å²) < 4.78 is 44.8. The zero-order chi connectivity index (χ0) is 14.6. The standard InChI is InChI=1S/C11H12F3NO4/c1-3-18-9(16)5-7-4-8(19-11(12,13)14)6(2)10(17)15-7/h4H,3,5H2,1-2H3,(H,15,17). The molecule has 1 aromatic rings. The van der Waals surface area contributed by atoms with E-state index in [2.05, 4.69) is 14.5 Å². The fraction of sp³-hybridized carbons (Fsp3) is 0.455. The van der Waals surface area contributed by atoms with Crippen molar-refractivity contribution in [3.63, 3.8) is 0 Å². The Morgan fingerprint density at radius 3 is 2.58 bits per heavy atom. The second-order valence-corrected chi connectivity index (χ2v) is 3.64. The summed E-state index contributed by atoms with van der Waals surface area (Å²) >= 11 is 0. The van der Waals surface area contributed by atoms with E-state index in [1.54, 1.807) is 6.92 Å². The Kier molecular flexibility index (Phi) is 4.57. The molecule has 0 aliphatic carbocycles. The number of esters is 1. The van der Waals surface area contributed by atoms with Crippen molar-refractivity contribution >= 4 is 5.97 Å². The third kappa shape index (κ3) is 4.65. The van der Waals surface area contributed by atoms with Crippen LogP contribution in [0.25, 0.3) is 0 Å². The van der Waals surface area contributed by atoms with Gasteiger partial charge >= 0.3 is 12.3 Å². The number of H-pyrrole nitrogens is 1. The molecule has 1 heterocycles. The summed E-state index contributed by atoms with van der Waals surface area (Å²) in [6.07, 6.45) is -5.24. The summed E-state index contributed by atoms with van der Waals surface area (Å²) in [5.41, 5.74) is -0.973. The van der Waals surface area contributed by atoms with Crippen molar-refractivity contribution in [3.05, 3.63) is 27.7 Å². The number of carbonyl (C=O) groups excluding carboxylic acids is 1. The highest BCUT2D eigenvalue weighted by Crippen LogP contribution is 2.24. The third-order valence-corrected chi connectivity index (χ3v) is 2.16. The van der Waals surface area contributed by atoms with Crippen LogP contribution in [0, 0.1) is 6.92 Å². The van der Waals surface area contributed by atoms with Gasteiger partial charge in [-0.05, 0) is 13.8 Å². The number of aromatic amines is 1. The lowest BCUT2D eigenvalue weighted by molar-refractivity contribution is -0.274. The van der Waals surface area contributed by atoms with Crippen molar-refractivity contribution in [3.8, 4) is 5.75 Å². The first-order valence-corrected chi connectivity index (χ1v) is 5.37. The molecule has 19 heavy (non-hydrogen) atoms. The number of rotatable bonds is 4. The van der Waals surface area contributed by atoms with Gasteiger partial charge in [0.2, 0.25) is 0 Å². The molecule has 0 saturated carbocycles. The van der Waals surface area contributed by atoms with Gasteiger partial charge in [0.1, 0.15) is 5.75 Å². The predicted molar refractivity (Wildman–Crippen MR) is 58.8 cm³/mol. The molecule has 106 valence electrons. The van der Waals surface area contributed by atoms with E-state index < -0.39 is 23.6 Å². The SMILES string of the molecule is CCOC(=O)Cc1cc(OC(F)(F)F)c(C)c(=O)[nH]1. The van der Waals surface area contributed by atoms with Crippen LogP contribution in [-0.2, 0) is 16.0 Å². The minimum absolute atomic E-state index is 0.00620. The van der Waals surface area contributed by atoms with Crippen LogP contribution in [0.1, 0.15) is 18.2 Å². The smallest absolute Gasteiger partial charge is 0.466 e. The predicted octanol–water partition coefficient (Wildman–Crippen LogP) is 1.69. The number of halogens is 3. The molecule has 1 rings (SSSR count). The molecule has 1 aromatic heterocycles. The highest BCUT2D eigenvalue weighted by Gasteiger charge is 2.32. The molecule has 0 spiro atoms. The van der Waals surface area contributed by atoms with Gasteiger partial charge in [0.25, 0.3) is 5.56 Å². The molecule has 1 N–H and O–H groups in total. The Labute approximate surface area is 106 Å². The van der Waals surface area contributed by atoms with Crippen LogP contribution in [0.4, 0.5) is 13.2 Å². The van der Waals surface area contributed by atoms with Crippen molar-refractivity contribution in [2.75, 3.05) is 6.61 Å². The molecular weight excluding hydrogens is 267 g/mol. The highest BCUT2D eigenvalue weighted by molar-refractivity contribution is 5.72. The summed E-state index contributed by atoms with van der Waals surface area (Å²) in [6.45, 7) is 2.92. The van der Waals surface area contributed by atoms with Gasteiger partial charge < -0.3 is 14.5 Å². The van der Waals surface area contributed by atoms with Crippen molar-refractivity contribution in [1.82, 2.24) is 4.98 Å². The first kappa shape index (κ1) is 15.1. The molecule has 0 aromatic carbocycles. The molecule has 8 heteroatoms. The minimum atomic E-state index is -4.90. The summed E-state index contributed by atoms with van der Waals surface area (Å²) in [5, 5.41) is 0. The topological polar surface area (TPSA) is 68.4 Å². The van der Waals surface area contributed by atoms with Gasteiger partial charge in [-0.1, -0.05) is 0 Å². The molecule has 0 aliphatic rings. The molecule has 0 unspecified atom stereocenters. The van der Waals surface area contributed by atoms with Gasteiger partial charge in [-0.2, -0.15) is 0 Å². The van der Waals surface area contributed by atoms with Gasteiger partial charge in [-0.15, -0.1) is 13.2 Å². The lowest BCUT2D eigenvalue weighted by Crippen LogP contribution is -2.22. The molecule has 0 atom stereocenters. The van der Waals surface area contributed by atoms with Crippen LogP contribution in [0.2, 0.25) is 0 Å². The molecular formula is C11H12F3NO4. The fourth-order valence-corrected chi connectivity index (χ4v) is 1.35. The Morgan fingerprint density at radius 2 is 2.05 bits per heavy atom. The first-order chi connectivity index (χ1) is 8.73. The van der Waals surface area contributed by atoms with Crippen LogP contribution in [0.3, 0.4) is 0 Å². The highest BCUT2D eigenvalue weighted by atomic mass is 19.4. The first-order valence-electron chi connectivity index (χ1n) is 5.37. The molecule has 0 amide bonds. The van der Waals surface area contributed by atoms with E-state index in [0.717, 1.165) is 6.07 Å². The fourth-order valence-electron chi connectivity index (χ4n) is 1.35. The third-order valence-electron chi connectivity index (χ3n) is 2.16. The lowest BCUT2D eigenvalue weighted by atomic mass is 10.2. The van der Waals surface area contributed by atoms with E-state index in [9.17, 15) is 22.8 Å². The van der Waals surface area contributed by atoms with E-state index in [4.69, 9.17) is 0 Å². The number of pyridine rings is 1. The van der Waals surface area contributed by atoms with Crippen molar-refractivity contribution in [2.45, 2.75) is 26.6 Å². The van der Waals surface area contributed by atoms with E-state index in [1.165, 1.54) is 6.92 Å². The maximum atomic E-state index is 12.1. The lowest BCUT2D eigenvalue weighted by Gasteiger charge is -2.12. The van der Waals surface area contributed by atoms with Crippen LogP contribution < -0.4 is 10.3 Å². The van der Waals surface area contributed by atoms with E-state index in [-0.39, 0.29) is 24.3 Å². The maximum Gasteiger partial charge on any atom is 0.573 e. The number of ether oxygens (including phenoxy) is 2. The minimum Gasteiger partial charge on any atom is -0.466 e. The van der Waals surface area contributed by atoms with Gasteiger partial charge in [0.15, 0.2) is 0 Å². The van der Waals surface area contributed by atoms with Crippen molar-refractivity contribution in [2.24, 2.45) is 0 Å². The normalized spacial score (nSPS) is 11.2. The van der Waals surface area contributed by atoms with Crippen LogP contribution >= 0.6 is 0 Å². The number of hydrogen-bond donors (Lipinski definition) is 1. The summed E-state index contributed by atoms with van der Waals surface area (Å²) in [7, 11) is 0. The second-order valence-electron chi connectivity index (χ2n) is 3.64. The number of aromatic nitrogens is 1. The zero-order valence-electron chi connectivity index (χ0n) is 10.3.